The predicted molar refractivity (Wildman–Crippen MR) is 55.4 cm³/mol. The highest BCUT2D eigenvalue weighted by atomic mass is 16.5. The molecule has 1 heterocycles. The average Bonchev–Trinajstić information content (AvgIpc) is 2.52. The number of rotatable bonds is 2. The van der Waals surface area contributed by atoms with Gasteiger partial charge in [0.15, 0.2) is 11.3 Å². The molecule has 0 amide bonds. The van der Waals surface area contributed by atoms with Crippen molar-refractivity contribution in [2.75, 3.05) is 7.11 Å². The topological polar surface area (TPSA) is 48.4 Å². The molecule has 0 saturated carbocycles. The Bertz CT molecular complexity index is 460. The molecular formula is C11H13NO2. The van der Waals surface area contributed by atoms with E-state index in [1.807, 2.05) is 25.1 Å². The van der Waals surface area contributed by atoms with Crippen LogP contribution in [0.3, 0.4) is 0 Å². The summed E-state index contributed by atoms with van der Waals surface area (Å²) in [4.78, 5) is 0. The fraction of sp³-hybridized carbons (Fsp3) is 0.273. The summed E-state index contributed by atoms with van der Waals surface area (Å²) in [6.45, 7) is 2.41. The first-order valence-corrected chi connectivity index (χ1v) is 4.53. The number of para-hydroxylation sites is 1. The van der Waals surface area contributed by atoms with E-state index in [9.17, 15) is 0 Å². The maximum atomic E-state index is 5.65. The van der Waals surface area contributed by atoms with Crippen LogP contribution < -0.4 is 10.5 Å². The maximum absolute atomic E-state index is 5.65. The molecule has 3 heteroatoms. The highest BCUT2D eigenvalue weighted by Gasteiger charge is 2.12. The van der Waals surface area contributed by atoms with Gasteiger partial charge in [0.1, 0.15) is 5.76 Å². The first kappa shape index (κ1) is 9.09. The lowest BCUT2D eigenvalue weighted by Crippen LogP contribution is -1.96. The van der Waals surface area contributed by atoms with E-state index >= 15 is 0 Å². The van der Waals surface area contributed by atoms with Crippen LogP contribution in [0.15, 0.2) is 22.6 Å². The van der Waals surface area contributed by atoms with Crippen molar-refractivity contribution < 1.29 is 9.15 Å². The molecule has 0 aliphatic heterocycles. The fourth-order valence-electron chi connectivity index (χ4n) is 1.68. The summed E-state index contributed by atoms with van der Waals surface area (Å²) in [6, 6.07) is 5.82. The van der Waals surface area contributed by atoms with E-state index in [1.165, 1.54) is 0 Å². The predicted octanol–water partition coefficient (Wildman–Crippen LogP) is 2.21. The minimum absolute atomic E-state index is 0.492. The maximum Gasteiger partial charge on any atom is 0.176 e. The Labute approximate surface area is 82.5 Å². The summed E-state index contributed by atoms with van der Waals surface area (Å²) in [5.74, 6) is 1.62. The van der Waals surface area contributed by atoms with Crippen LogP contribution in [0.2, 0.25) is 0 Å². The van der Waals surface area contributed by atoms with Crippen LogP contribution in [0.25, 0.3) is 11.0 Å². The van der Waals surface area contributed by atoms with Crippen molar-refractivity contribution in [2.24, 2.45) is 5.73 Å². The Morgan fingerprint density at radius 3 is 2.86 bits per heavy atom. The zero-order chi connectivity index (χ0) is 10.1. The van der Waals surface area contributed by atoms with Crippen molar-refractivity contribution in [2.45, 2.75) is 13.5 Å². The number of fused-ring (bicyclic) bond motifs is 1. The van der Waals surface area contributed by atoms with Crippen molar-refractivity contribution in [3.63, 3.8) is 0 Å². The quantitative estimate of drug-likeness (QED) is 0.791. The number of benzene rings is 1. The van der Waals surface area contributed by atoms with Gasteiger partial charge in [-0.25, -0.2) is 0 Å². The summed E-state index contributed by atoms with van der Waals surface area (Å²) in [7, 11) is 1.63. The molecule has 0 aliphatic rings. The lowest BCUT2D eigenvalue weighted by atomic mass is 10.1. The average molecular weight is 191 g/mol. The van der Waals surface area contributed by atoms with E-state index < -0.39 is 0 Å². The number of hydrogen-bond acceptors (Lipinski definition) is 3. The van der Waals surface area contributed by atoms with Crippen LogP contribution in [0, 0.1) is 6.92 Å². The number of methoxy groups -OCH3 is 1. The minimum atomic E-state index is 0.492. The monoisotopic (exact) mass is 191 g/mol. The van der Waals surface area contributed by atoms with Gasteiger partial charge in [0.05, 0.1) is 7.11 Å². The normalized spacial score (nSPS) is 10.8. The molecule has 0 unspecified atom stereocenters. The zero-order valence-corrected chi connectivity index (χ0v) is 8.33. The number of nitrogens with two attached hydrogens (primary N) is 1. The summed E-state index contributed by atoms with van der Waals surface area (Å²) >= 11 is 0. The molecule has 1 aromatic carbocycles. The van der Waals surface area contributed by atoms with Gasteiger partial charge in [0, 0.05) is 17.5 Å². The lowest BCUT2D eigenvalue weighted by molar-refractivity contribution is 0.408. The summed E-state index contributed by atoms with van der Waals surface area (Å²) in [5, 5.41) is 1.05. The van der Waals surface area contributed by atoms with Crippen molar-refractivity contribution in [1.82, 2.24) is 0 Å². The van der Waals surface area contributed by atoms with Gasteiger partial charge in [-0.1, -0.05) is 12.1 Å². The molecule has 2 N–H and O–H groups in total. The Morgan fingerprint density at radius 1 is 1.43 bits per heavy atom. The van der Waals surface area contributed by atoms with Crippen molar-refractivity contribution in [3.05, 3.63) is 29.5 Å². The Kier molecular flexibility index (Phi) is 2.17. The number of ether oxygens (including phenoxy) is 1. The second-order valence-electron chi connectivity index (χ2n) is 3.18. The van der Waals surface area contributed by atoms with Gasteiger partial charge in [-0.15, -0.1) is 0 Å². The largest absolute Gasteiger partial charge is 0.493 e. The van der Waals surface area contributed by atoms with Crippen molar-refractivity contribution in [1.29, 1.82) is 0 Å². The molecule has 0 spiro atoms. The summed E-state index contributed by atoms with van der Waals surface area (Å²) in [5.41, 5.74) is 7.49. The molecule has 2 rings (SSSR count). The number of aryl methyl sites for hydroxylation is 1. The molecule has 0 radical (unpaired) electrons. The fourth-order valence-corrected chi connectivity index (χ4v) is 1.68. The van der Waals surface area contributed by atoms with E-state index in [-0.39, 0.29) is 0 Å². The number of furan rings is 1. The summed E-state index contributed by atoms with van der Waals surface area (Å²) < 4.78 is 10.8. The molecular weight excluding hydrogens is 178 g/mol. The zero-order valence-electron chi connectivity index (χ0n) is 8.33. The van der Waals surface area contributed by atoms with Crippen LogP contribution >= 0.6 is 0 Å². The third-order valence-electron chi connectivity index (χ3n) is 2.41. The van der Waals surface area contributed by atoms with E-state index in [4.69, 9.17) is 14.9 Å². The molecule has 0 fully saturated rings. The molecule has 74 valence electrons. The van der Waals surface area contributed by atoms with Crippen LogP contribution in [0.4, 0.5) is 0 Å². The first-order valence-electron chi connectivity index (χ1n) is 4.53. The van der Waals surface area contributed by atoms with Gasteiger partial charge in [0.2, 0.25) is 0 Å². The van der Waals surface area contributed by atoms with Gasteiger partial charge in [-0.05, 0) is 13.0 Å². The van der Waals surface area contributed by atoms with Gasteiger partial charge in [-0.2, -0.15) is 0 Å². The highest BCUT2D eigenvalue weighted by molar-refractivity contribution is 5.87. The van der Waals surface area contributed by atoms with Crippen molar-refractivity contribution >= 4 is 11.0 Å². The van der Waals surface area contributed by atoms with Crippen molar-refractivity contribution in [3.8, 4) is 5.75 Å². The molecule has 1 aromatic heterocycles. The van der Waals surface area contributed by atoms with Gasteiger partial charge < -0.3 is 14.9 Å². The third kappa shape index (κ3) is 1.17. The Hall–Kier alpha value is -1.48. The van der Waals surface area contributed by atoms with E-state index in [2.05, 4.69) is 0 Å². The van der Waals surface area contributed by atoms with Gasteiger partial charge >= 0.3 is 0 Å². The molecule has 0 bridgehead atoms. The van der Waals surface area contributed by atoms with Crippen LogP contribution in [0.1, 0.15) is 11.3 Å². The SMILES string of the molecule is COc1cccc2c(CN)c(C)oc12. The molecule has 2 aromatic rings. The van der Waals surface area contributed by atoms with Gasteiger partial charge in [0.25, 0.3) is 0 Å². The third-order valence-corrected chi connectivity index (χ3v) is 2.41. The first-order chi connectivity index (χ1) is 6.77. The Balaban J connectivity index is 2.79. The van der Waals surface area contributed by atoms with E-state index in [1.54, 1.807) is 7.11 Å². The Morgan fingerprint density at radius 2 is 2.21 bits per heavy atom. The molecule has 0 atom stereocenters. The smallest absolute Gasteiger partial charge is 0.176 e. The molecule has 0 aliphatic carbocycles. The second kappa shape index (κ2) is 3.35. The van der Waals surface area contributed by atoms with E-state index in [0.29, 0.717) is 6.54 Å². The van der Waals surface area contributed by atoms with Crippen LogP contribution in [-0.4, -0.2) is 7.11 Å². The standard InChI is InChI=1S/C11H13NO2/c1-7-9(6-12)8-4-3-5-10(13-2)11(8)14-7/h3-5H,6,12H2,1-2H3. The van der Waals surface area contributed by atoms with Gasteiger partial charge in [-0.3, -0.25) is 0 Å². The molecule has 3 nitrogen and oxygen atoms in total. The lowest BCUT2D eigenvalue weighted by Gasteiger charge is -1.99. The molecule has 0 saturated heterocycles. The highest BCUT2D eigenvalue weighted by Crippen LogP contribution is 2.31. The van der Waals surface area contributed by atoms with Crippen LogP contribution in [-0.2, 0) is 6.54 Å². The van der Waals surface area contributed by atoms with Crippen LogP contribution in [0.5, 0.6) is 5.75 Å². The summed E-state index contributed by atoms with van der Waals surface area (Å²) in [6.07, 6.45) is 0. The van der Waals surface area contributed by atoms with E-state index in [0.717, 1.165) is 28.0 Å². The number of hydrogen-bond donors (Lipinski definition) is 1. The second-order valence-corrected chi connectivity index (χ2v) is 3.18. The molecule has 14 heavy (non-hydrogen) atoms. The minimum Gasteiger partial charge on any atom is -0.493 e.